The highest BCUT2D eigenvalue weighted by Crippen LogP contribution is 2.48. The minimum Gasteiger partial charge on any atom is -0.0599 e. The van der Waals surface area contributed by atoms with Crippen molar-refractivity contribution in [3.8, 4) is 0 Å². The van der Waals surface area contributed by atoms with E-state index in [1.807, 2.05) is 0 Å². The van der Waals surface area contributed by atoms with E-state index in [-0.39, 0.29) is 0 Å². The summed E-state index contributed by atoms with van der Waals surface area (Å²) in [5.74, 6) is 3.15. The maximum atomic E-state index is 2.47. The Hall–Kier alpha value is 0. The standard InChI is InChI=1S/C16H30/c1-16(2,3)15-12-8-7-11-14(15)13-9-5-4-6-10-13/h13-15H,4-12H2,1-3H3. The molecule has 0 radical (unpaired) electrons. The van der Waals surface area contributed by atoms with Crippen LogP contribution in [0.15, 0.2) is 0 Å². The second-order valence-electron chi connectivity index (χ2n) is 7.32. The summed E-state index contributed by atoms with van der Waals surface area (Å²) in [6.45, 7) is 7.41. The second-order valence-corrected chi connectivity index (χ2v) is 7.32. The third-order valence-corrected chi connectivity index (χ3v) is 5.19. The van der Waals surface area contributed by atoms with E-state index in [2.05, 4.69) is 20.8 Å². The van der Waals surface area contributed by atoms with Crippen LogP contribution in [0.4, 0.5) is 0 Å². The first kappa shape index (κ1) is 12.5. The molecule has 2 aliphatic carbocycles. The van der Waals surface area contributed by atoms with Gasteiger partial charge in [0.1, 0.15) is 0 Å². The van der Waals surface area contributed by atoms with E-state index < -0.39 is 0 Å². The lowest BCUT2D eigenvalue weighted by atomic mass is 9.60. The zero-order valence-corrected chi connectivity index (χ0v) is 11.6. The first-order valence-electron chi connectivity index (χ1n) is 7.59. The molecule has 0 saturated heterocycles. The van der Waals surface area contributed by atoms with Gasteiger partial charge in [-0.1, -0.05) is 65.7 Å². The van der Waals surface area contributed by atoms with Crippen LogP contribution in [0.3, 0.4) is 0 Å². The Balaban J connectivity index is 2.03. The van der Waals surface area contributed by atoms with Crippen LogP contribution in [0, 0.1) is 23.2 Å². The molecular weight excluding hydrogens is 192 g/mol. The van der Waals surface area contributed by atoms with Crippen molar-refractivity contribution in [1.82, 2.24) is 0 Å². The quantitative estimate of drug-likeness (QED) is 0.556. The van der Waals surface area contributed by atoms with Gasteiger partial charge in [-0.25, -0.2) is 0 Å². The van der Waals surface area contributed by atoms with Crippen LogP contribution < -0.4 is 0 Å². The third kappa shape index (κ3) is 2.81. The largest absolute Gasteiger partial charge is 0.0599 e. The maximum absolute atomic E-state index is 2.47. The van der Waals surface area contributed by atoms with Gasteiger partial charge in [0.05, 0.1) is 0 Å². The lowest BCUT2D eigenvalue weighted by Gasteiger charge is -2.45. The van der Waals surface area contributed by atoms with Crippen LogP contribution in [0.1, 0.15) is 78.6 Å². The van der Waals surface area contributed by atoms with Gasteiger partial charge in [0, 0.05) is 0 Å². The van der Waals surface area contributed by atoms with Crippen molar-refractivity contribution >= 4 is 0 Å². The summed E-state index contributed by atoms with van der Waals surface area (Å²) in [4.78, 5) is 0. The molecule has 16 heavy (non-hydrogen) atoms. The van der Waals surface area contributed by atoms with Crippen LogP contribution in [0.25, 0.3) is 0 Å². The van der Waals surface area contributed by atoms with E-state index in [1.54, 1.807) is 0 Å². The molecule has 0 aromatic heterocycles. The molecule has 94 valence electrons. The van der Waals surface area contributed by atoms with Gasteiger partial charge in [0.2, 0.25) is 0 Å². The van der Waals surface area contributed by atoms with Gasteiger partial charge in [-0.2, -0.15) is 0 Å². The summed E-state index contributed by atoms with van der Waals surface area (Å²) in [5, 5.41) is 0. The maximum Gasteiger partial charge on any atom is -0.0334 e. The normalized spacial score (nSPS) is 33.9. The number of hydrogen-bond acceptors (Lipinski definition) is 0. The predicted molar refractivity (Wildman–Crippen MR) is 71.5 cm³/mol. The summed E-state index contributed by atoms with van der Waals surface area (Å²) in [6.07, 6.45) is 13.6. The van der Waals surface area contributed by atoms with E-state index in [4.69, 9.17) is 0 Å². The molecule has 0 heterocycles. The first-order valence-corrected chi connectivity index (χ1v) is 7.59. The molecule has 2 atom stereocenters. The molecule has 0 bridgehead atoms. The average Bonchev–Trinajstić information content (AvgIpc) is 2.29. The molecule has 0 spiro atoms. The Morgan fingerprint density at radius 3 is 1.88 bits per heavy atom. The molecule has 0 N–H and O–H groups in total. The monoisotopic (exact) mass is 222 g/mol. The average molecular weight is 222 g/mol. The van der Waals surface area contributed by atoms with Crippen molar-refractivity contribution in [3.05, 3.63) is 0 Å². The molecule has 2 aliphatic rings. The molecule has 0 amide bonds. The smallest absolute Gasteiger partial charge is 0.0334 e. The highest BCUT2D eigenvalue weighted by Gasteiger charge is 2.38. The molecule has 0 aromatic rings. The van der Waals surface area contributed by atoms with Gasteiger partial charge in [-0.3, -0.25) is 0 Å². The van der Waals surface area contributed by atoms with Gasteiger partial charge in [0.15, 0.2) is 0 Å². The van der Waals surface area contributed by atoms with E-state index in [0.29, 0.717) is 5.41 Å². The summed E-state index contributed by atoms with van der Waals surface area (Å²) >= 11 is 0. The molecule has 0 heteroatoms. The Morgan fingerprint density at radius 1 is 0.688 bits per heavy atom. The Labute approximate surface area is 102 Å². The minimum absolute atomic E-state index is 0.544. The molecule has 2 rings (SSSR count). The Kier molecular flexibility index (Phi) is 3.97. The van der Waals surface area contributed by atoms with Gasteiger partial charge >= 0.3 is 0 Å². The van der Waals surface area contributed by atoms with Gasteiger partial charge < -0.3 is 0 Å². The second kappa shape index (κ2) is 5.10. The van der Waals surface area contributed by atoms with Gasteiger partial charge in [0.25, 0.3) is 0 Å². The minimum atomic E-state index is 0.544. The number of hydrogen-bond donors (Lipinski definition) is 0. The van der Waals surface area contributed by atoms with Crippen LogP contribution in [0.2, 0.25) is 0 Å². The molecular formula is C16H30. The molecule has 2 saturated carbocycles. The van der Waals surface area contributed by atoms with E-state index in [0.717, 1.165) is 17.8 Å². The molecule has 0 nitrogen and oxygen atoms in total. The predicted octanol–water partition coefficient (Wildman–Crippen LogP) is 5.42. The van der Waals surface area contributed by atoms with Gasteiger partial charge in [-0.15, -0.1) is 0 Å². The van der Waals surface area contributed by atoms with Crippen molar-refractivity contribution in [1.29, 1.82) is 0 Å². The van der Waals surface area contributed by atoms with Crippen molar-refractivity contribution in [3.63, 3.8) is 0 Å². The van der Waals surface area contributed by atoms with Crippen LogP contribution in [0.5, 0.6) is 0 Å². The highest BCUT2D eigenvalue weighted by atomic mass is 14.4. The summed E-state index contributed by atoms with van der Waals surface area (Å²) < 4.78 is 0. The Morgan fingerprint density at radius 2 is 1.25 bits per heavy atom. The Bertz CT molecular complexity index is 205. The number of rotatable bonds is 1. The zero-order valence-electron chi connectivity index (χ0n) is 11.6. The molecule has 2 fully saturated rings. The topological polar surface area (TPSA) is 0 Å². The lowest BCUT2D eigenvalue weighted by molar-refractivity contribution is 0.0510. The molecule has 2 unspecified atom stereocenters. The van der Waals surface area contributed by atoms with Crippen molar-refractivity contribution in [2.45, 2.75) is 78.6 Å². The first-order chi connectivity index (χ1) is 7.59. The van der Waals surface area contributed by atoms with Crippen LogP contribution >= 0.6 is 0 Å². The summed E-state index contributed by atoms with van der Waals surface area (Å²) in [6, 6.07) is 0. The third-order valence-electron chi connectivity index (χ3n) is 5.19. The van der Waals surface area contributed by atoms with Crippen molar-refractivity contribution in [2.24, 2.45) is 23.2 Å². The van der Waals surface area contributed by atoms with E-state index >= 15 is 0 Å². The van der Waals surface area contributed by atoms with Crippen molar-refractivity contribution in [2.75, 3.05) is 0 Å². The van der Waals surface area contributed by atoms with Crippen LogP contribution in [-0.2, 0) is 0 Å². The molecule has 0 aromatic carbocycles. The van der Waals surface area contributed by atoms with Crippen LogP contribution in [-0.4, -0.2) is 0 Å². The fourth-order valence-electron chi connectivity index (χ4n) is 4.36. The van der Waals surface area contributed by atoms with Gasteiger partial charge in [-0.05, 0) is 36.0 Å². The fraction of sp³-hybridized carbons (Fsp3) is 1.00. The molecule has 0 aliphatic heterocycles. The zero-order chi connectivity index (χ0) is 11.6. The summed E-state index contributed by atoms with van der Waals surface area (Å²) in [7, 11) is 0. The fourth-order valence-corrected chi connectivity index (χ4v) is 4.36. The van der Waals surface area contributed by atoms with E-state index in [1.165, 1.54) is 57.8 Å². The van der Waals surface area contributed by atoms with E-state index in [9.17, 15) is 0 Å². The highest BCUT2D eigenvalue weighted by molar-refractivity contribution is 4.88. The lowest BCUT2D eigenvalue weighted by Crippen LogP contribution is -2.36. The summed E-state index contributed by atoms with van der Waals surface area (Å²) in [5.41, 5.74) is 0.544. The SMILES string of the molecule is CC(C)(C)C1CCCCC1C1CCCCC1. The van der Waals surface area contributed by atoms with Crippen molar-refractivity contribution < 1.29 is 0 Å².